The standard InChI is InChI=1S/C34H38O6/c35-25-31(37,21-27-13-5-1-6-14-27)33(39,23-29-17-9-3-10-18-29)34(40,24-30-19-11-4-12-20-30)32(38,26-36)22-28-15-7-2-8-16-28/h1-20,35-40H,21-26H2/t31-,32-,33+,34+/m1/s1. The van der Waals surface area contributed by atoms with E-state index < -0.39 is 35.6 Å². The molecule has 0 saturated heterocycles. The largest absolute Gasteiger partial charge is 0.393 e. The summed E-state index contributed by atoms with van der Waals surface area (Å²) in [7, 11) is 0. The van der Waals surface area contributed by atoms with Crippen molar-refractivity contribution in [1.82, 2.24) is 0 Å². The molecule has 40 heavy (non-hydrogen) atoms. The monoisotopic (exact) mass is 542 g/mol. The first-order valence-corrected chi connectivity index (χ1v) is 13.5. The Hall–Kier alpha value is -3.36. The van der Waals surface area contributed by atoms with E-state index in [0.717, 1.165) is 0 Å². The van der Waals surface area contributed by atoms with Gasteiger partial charge in [0.1, 0.15) is 22.4 Å². The van der Waals surface area contributed by atoms with E-state index >= 15 is 0 Å². The molecule has 0 fully saturated rings. The number of aliphatic hydroxyl groups excluding tert-OH is 2. The van der Waals surface area contributed by atoms with Crippen molar-refractivity contribution in [3.05, 3.63) is 144 Å². The number of hydrogen-bond donors (Lipinski definition) is 6. The van der Waals surface area contributed by atoms with Crippen LogP contribution in [-0.2, 0) is 25.7 Å². The van der Waals surface area contributed by atoms with Gasteiger partial charge in [0.25, 0.3) is 0 Å². The van der Waals surface area contributed by atoms with Crippen molar-refractivity contribution in [3.63, 3.8) is 0 Å². The van der Waals surface area contributed by atoms with E-state index in [1.54, 1.807) is 109 Å². The molecule has 0 unspecified atom stereocenters. The smallest absolute Gasteiger partial charge is 0.132 e. The normalized spacial score (nSPS) is 17.6. The summed E-state index contributed by atoms with van der Waals surface area (Å²) >= 11 is 0. The van der Waals surface area contributed by atoms with Gasteiger partial charge in [0.15, 0.2) is 0 Å². The molecule has 0 heterocycles. The minimum absolute atomic E-state index is 0.225. The van der Waals surface area contributed by atoms with Crippen molar-refractivity contribution in [1.29, 1.82) is 0 Å². The lowest BCUT2D eigenvalue weighted by Gasteiger charge is -2.57. The van der Waals surface area contributed by atoms with Gasteiger partial charge < -0.3 is 30.6 Å². The Morgan fingerprint density at radius 3 is 0.800 bits per heavy atom. The number of rotatable bonds is 13. The molecule has 0 aliphatic rings. The molecular formula is C34H38O6. The van der Waals surface area contributed by atoms with Crippen LogP contribution in [0.15, 0.2) is 121 Å². The third-order valence-electron chi connectivity index (χ3n) is 8.03. The molecule has 4 aromatic carbocycles. The molecule has 0 spiro atoms. The average Bonchev–Trinajstić information content (AvgIpc) is 2.98. The van der Waals surface area contributed by atoms with E-state index in [-0.39, 0.29) is 25.7 Å². The fraction of sp³-hybridized carbons (Fsp3) is 0.294. The second-order valence-corrected chi connectivity index (χ2v) is 10.7. The molecule has 4 atom stereocenters. The van der Waals surface area contributed by atoms with Crippen molar-refractivity contribution < 1.29 is 30.6 Å². The molecule has 6 heteroatoms. The van der Waals surface area contributed by atoms with Crippen LogP contribution < -0.4 is 0 Å². The molecule has 4 aromatic rings. The van der Waals surface area contributed by atoms with Crippen molar-refractivity contribution in [2.75, 3.05) is 13.2 Å². The summed E-state index contributed by atoms with van der Waals surface area (Å²) in [5.74, 6) is 0. The first-order chi connectivity index (χ1) is 19.2. The fourth-order valence-corrected chi connectivity index (χ4v) is 5.71. The number of hydrogen-bond acceptors (Lipinski definition) is 6. The predicted octanol–water partition coefficient (Wildman–Crippen LogP) is 2.87. The van der Waals surface area contributed by atoms with Crippen LogP contribution in [0.25, 0.3) is 0 Å². The highest BCUT2D eigenvalue weighted by Gasteiger charge is 2.68. The minimum atomic E-state index is -2.56. The van der Waals surface area contributed by atoms with Gasteiger partial charge in [-0.25, -0.2) is 0 Å². The van der Waals surface area contributed by atoms with Gasteiger partial charge in [0.05, 0.1) is 13.2 Å². The zero-order chi connectivity index (χ0) is 28.7. The molecule has 0 aliphatic heterocycles. The van der Waals surface area contributed by atoms with Gasteiger partial charge in [-0.15, -0.1) is 0 Å². The third-order valence-corrected chi connectivity index (χ3v) is 8.03. The molecule has 0 saturated carbocycles. The molecule has 0 amide bonds. The number of benzene rings is 4. The maximum atomic E-state index is 12.8. The van der Waals surface area contributed by atoms with Crippen molar-refractivity contribution >= 4 is 0 Å². The van der Waals surface area contributed by atoms with Gasteiger partial charge in [-0.05, 0) is 22.3 Å². The molecule has 6 nitrogen and oxygen atoms in total. The first-order valence-electron chi connectivity index (χ1n) is 13.5. The van der Waals surface area contributed by atoms with E-state index in [9.17, 15) is 30.6 Å². The Bertz CT molecular complexity index is 1210. The molecule has 6 N–H and O–H groups in total. The first kappa shape index (κ1) is 29.6. The molecule has 0 bridgehead atoms. The highest BCUT2D eigenvalue weighted by molar-refractivity contribution is 5.33. The van der Waals surface area contributed by atoms with E-state index in [1.165, 1.54) is 0 Å². The van der Waals surface area contributed by atoms with Crippen molar-refractivity contribution in [2.24, 2.45) is 0 Å². The summed E-state index contributed by atoms with van der Waals surface area (Å²) in [4.78, 5) is 0. The van der Waals surface area contributed by atoms with Crippen LogP contribution in [0.4, 0.5) is 0 Å². The lowest BCUT2D eigenvalue weighted by molar-refractivity contribution is -0.311. The highest BCUT2D eigenvalue weighted by atomic mass is 16.4. The topological polar surface area (TPSA) is 121 Å². The average molecular weight is 543 g/mol. The summed E-state index contributed by atoms with van der Waals surface area (Å²) in [6.07, 6.45) is -1.09. The molecule has 4 rings (SSSR count). The van der Waals surface area contributed by atoms with Gasteiger partial charge in [-0.1, -0.05) is 121 Å². The minimum Gasteiger partial charge on any atom is -0.393 e. The van der Waals surface area contributed by atoms with Crippen LogP contribution in [-0.4, -0.2) is 66.3 Å². The SMILES string of the molecule is OC[C@](O)(Cc1ccccc1)[C@@](O)(Cc1ccccc1)[C@](O)(Cc1ccccc1)[C@](O)(CO)Cc1ccccc1. The molecule has 0 radical (unpaired) electrons. The van der Waals surface area contributed by atoms with Crippen LogP contribution in [0.1, 0.15) is 22.3 Å². The van der Waals surface area contributed by atoms with Gasteiger partial charge in [-0.3, -0.25) is 0 Å². The second-order valence-electron chi connectivity index (χ2n) is 10.7. The fourth-order valence-electron chi connectivity index (χ4n) is 5.71. The van der Waals surface area contributed by atoms with Crippen LogP contribution in [0.5, 0.6) is 0 Å². The predicted molar refractivity (Wildman–Crippen MR) is 155 cm³/mol. The third kappa shape index (κ3) is 5.88. The Labute approximate surface area is 235 Å². The molecule has 0 aliphatic carbocycles. The van der Waals surface area contributed by atoms with Crippen LogP contribution in [0, 0.1) is 0 Å². The van der Waals surface area contributed by atoms with E-state index in [4.69, 9.17) is 0 Å². The van der Waals surface area contributed by atoms with Gasteiger partial charge >= 0.3 is 0 Å². The summed E-state index contributed by atoms with van der Waals surface area (Å²) in [5.41, 5.74) is -7.44. The van der Waals surface area contributed by atoms with Crippen LogP contribution in [0.2, 0.25) is 0 Å². The van der Waals surface area contributed by atoms with Gasteiger partial charge in [0, 0.05) is 25.7 Å². The van der Waals surface area contributed by atoms with Crippen LogP contribution in [0.3, 0.4) is 0 Å². The van der Waals surface area contributed by atoms with E-state index in [0.29, 0.717) is 22.3 Å². The molecular weight excluding hydrogens is 504 g/mol. The Morgan fingerprint density at radius 1 is 0.350 bits per heavy atom. The summed E-state index contributed by atoms with van der Waals surface area (Å²) in [5, 5.41) is 71.7. The Morgan fingerprint density at radius 2 is 0.575 bits per heavy atom. The lowest BCUT2D eigenvalue weighted by atomic mass is 9.57. The lowest BCUT2D eigenvalue weighted by Crippen LogP contribution is -2.79. The molecule has 0 aromatic heterocycles. The second kappa shape index (κ2) is 12.4. The maximum Gasteiger partial charge on any atom is 0.132 e. The number of aliphatic hydroxyl groups is 6. The summed E-state index contributed by atoms with van der Waals surface area (Å²) < 4.78 is 0. The maximum absolute atomic E-state index is 12.8. The Balaban J connectivity index is 1.96. The van der Waals surface area contributed by atoms with Crippen LogP contribution >= 0.6 is 0 Å². The van der Waals surface area contributed by atoms with Gasteiger partial charge in [0.2, 0.25) is 0 Å². The summed E-state index contributed by atoms with van der Waals surface area (Å²) in [6, 6.07) is 35.4. The van der Waals surface area contributed by atoms with E-state index in [2.05, 4.69) is 0 Å². The Kier molecular flexibility index (Phi) is 9.21. The quantitative estimate of drug-likeness (QED) is 0.155. The van der Waals surface area contributed by atoms with Crippen molar-refractivity contribution in [2.45, 2.75) is 48.1 Å². The highest BCUT2D eigenvalue weighted by Crippen LogP contribution is 2.47. The zero-order valence-corrected chi connectivity index (χ0v) is 22.5. The summed E-state index contributed by atoms with van der Waals surface area (Å²) in [6.45, 7) is -1.84. The zero-order valence-electron chi connectivity index (χ0n) is 22.5. The molecule has 210 valence electrons. The van der Waals surface area contributed by atoms with Gasteiger partial charge in [-0.2, -0.15) is 0 Å². The van der Waals surface area contributed by atoms with Crippen molar-refractivity contribution in [3.8, 4) is 0 Å². The van der Waals surface area contributed by atoms with E-state index in [1.807, 2.05) is 12.1 Å².